The highest BCUT2D eigenvalue weighted by Gasteiger charge is 2.21. The Kier molecular flexibility index (Phi) is 6.19. The van der Waals surface area contributed by atoms with Crippen molar-refractivity contribution in [2.24, 2.45) is 0 Å². The molecule has 2 rings (SSSR count). The molecule has 0 aliphatic rings. The zero-order valence-electron chi connectivity index (χ0n) is 12.7. The van der Waals surface area contributed by atoms with E-state index < -0.39 is 10.0 Å². The third-order valence-electron chi connectivity index (χ3n) is 3.16. The van der Waals surface area contributed by atoms with Crippen LogP contribution in [-0.4, -0.2) is 30.8 Å². The van der Waals surface area contributed by atoms with Gasteiger partial charge >= 0.3 is 0 Å². The van der Waals surface area contributed by atoms with Gasteiger partial charge in [-0.15, -0.1) is 0 Å². The Hall–Kier alpha value is -0.960. The third-order valence-corrected chi connectivity index (χ3v) is 6.31. The van der Waals surface area contributed by atoms with Gasteiger partial charge in [0.1, 0.15) is 10.6 Å². The first-order valence-electron chi connectivity index (χ1n) is 6.97. The van der Waals surface area contributed by atoms with Gasteiger partial charge in [0.05, 0.1) is 10.7 Å². The summed E-state index contributed by atoms with van der Waals surface area (Å²) in [6.45, 7) is 4.44. The second-order valence-corrected chi connectivity index (χ2v) is 8.31. The van der Waals surface area contributed by atoms with Crippen molar-refractivity contribution >= 4 is 41.9 Å². The number of halogens is 2. The topological polar surface area (TPSA) is 59.5 Å². The molecule has 2 aromatic rings. The van der Waals surface area contributed by atoms with E-state index in [0.29, 0.717) is 24.7 Å². The van der Waals surface area contributed by atoms with Gasteiger partial charge in [0.2, 0.25) is 15.9 Å². The molecule has 0 saturated heterocycles. The van der Waals surface area contributed by atoms with Crippen LogP contribution in [-0.2, 0) is 10.0 Å². The third kappa shape index (κ3) is 4.32. The summed E-state index contributed by atoms with van der Waals surface area (Å²) in [4.78, 5) is 4.25. The van der Waals surface area contributed by atoms with Crippen molar-refractivity contribution < 1.29 is 13.2 Å². The van der Waals surface area contributed by atoms with E-state index >= 15 is 0 Å². The number of benzene rings is 1. The van der Waals surface area contributed by atoms with E-state index in [2.05, 4.69) is 36.8 Å². The van der Waals surface area contributed by atoms with Crippen molar-refractivity contribution in [1.29, 1.82) is 0 Å². The summed E-state index contributed by atoms with van der Waals surface area (Å²) in [6, 6.07) is 8.54. The average molecular weight is 464 g/mol. The summed E-state index contributed by atoms with van der Waals surface area (Å²) >= 11 is 6.77. The molecule has 0 bridgehead atoms. The van der Waals surface area contributed by atoms with E-state index in [0.717, 1.165) is 8.95 Å². The van der Waals surface area contributed by atoms with Crippen LogP contribution < -0.4 is 4.74 Å². The molecule has 0 radical (unpaired) electrons. The first-order valence-corrected chi connectivity index (χ1v) is 10.00. The second-order valence-electron chi connectivity index (χ2n) is 4.60. The Morgan fingerprint density at radius 3 is 2.35 bits per heavy atom. The molecule has 1 aromatic heterocycles. The maximum Gasteiger partial charge on any atom is 0.244 e. The number of ether oxygens (including phenoxy) is 1. The number of pyridine rings is 1. The van der Waals surface area contributed by atoms with Gasteiger partial charge in [-0.1, -0.05) is 29.8 Å². The fraction of sp³-hybridized carbons (Fsp3) is 0.267. The average Bonchev–Trinajstić information content (AvgIpc) is 2.51. The van der Waals surface area contributed by atoms with E-state index in [1.807, 2.05) is 12.1 Å². The molecule has 0 unspecified atom stereocenters. The van der Waals surface area contributed by atoms with Crippen molar-refractivity contribution in [3.63, 3.8) is 0 Å². The van der Waals surface area contributed by atoms with Crippen LogP contribution in [0.2, 0.25) is 0 Å². The second kappa shape index (κ2) is 7.74. The van der Waals surface area contributed by atoms with Gasteiger partial charge in [-0.05, 0) is 40.2 Å². The molecule has 23 heavy (non-hydrogen) atoms. The molecule has 5 nitrogen and oxygen atoms in total. The Morgan fingerprint density at radius 2 is 1.83 bits per heavy atom. The Morgan fingerprint density at radius 1 is 1.13 bits per heavy atom. The Balaban J connectivity index is 2.23. The van der Waals surface area contributed by atoms with Crippen LogP contribution >= 0.6 is 31.9 Å². The molecule has 0 fully saturated rings. The number of nitrogens with zero attached hydrogens (tertiary/aromatic N) is 2. The van der Waals surface area contributed by atoms with Crippen molar-refractivity contribution in [3.05, 3.63) is 45.5 Å². The van der Waals surface area contributed by atoms with Gasteiger partial charge in [0.25, 0.3) is 0 Å². The maximum absolute atomic E-state index is 12.4. The number of sulfonamides is 1. The van der Waals surface area contributed by atoms with Gasteiger partial charge in [-0.2, -0.15) is 4.31 Å². The molecule has 0 atom stereocenters. The van der Waals surface area contributed by atoms with Crippen LogP contribution in [0.4, 0.5) is 0 Å². The molecule has 8 heteroatoms. The number of aromatic nitrogens is 1. The molecular weight excluding hydrogens is 448 g/mol. The minimum absolute atomic E-state index is 0.156. The van der Waals surface area contributed by atoms with Crippen LogP contribution in [0.3, 0.4) is 0 Å². The van der Waals surface area contributed by atoms with E-state index in [1.54, 1.807) is 26.0 Å². The predicted molar refractivity (Wildman–Crippen MR) is 96.3 cm³/mol. The van der Waals surface area contributed by atoms with E-state index in [4.69, 9.17) is 4.74 Å². The highest BCUT2D eigenvalue weighted by atomic mass is 79.9. The molecule has 0 spiro atoms. The van der Waals surface area contributed by atoms with E-state index in [9.17, 15) is 8.42 Å². The van der Waals surface area contributed by atoms with Gasteiger partial charge in [0.15, 0.2) is 0 Å². The van der Waals surface area contributed by atoms with Crippen molar-refractivity contribution in [2.45, 2.75) is 18.7 Å². The largest absolute Gasteiger partial charge is 0.438 e. The smallest absolute Gasteiger partial charge is 0.244 e. The predicted octanol–water partition coefficient (Wildman–Crippen LogP) is 4.43. The standard InChI is InChI=1S/C15H16Br2N2O3S/c1-3-19(4-2)23(20,21)12-6-8-15(18-10-12)22-14-7-5-11(16)9-13(14)17/h5-10H,3-4H2,1-2H3. The fourth-order valence-electron chi connectivity index (χ4n) is 1.96. The lowest BCUT2D eigenvalue weighted by Gasteiger charge is -2.18. The molecule has 0 amide bonds. The van der Waals surface area contributed by atoms with Crippen molar-refractivity contribution in [2.75, 3.05) is 13.1 Å². The van der Waals surface area contributed by atoms with E-state index in [1.165, 1.54) is 16.6 Å². The lowest BCUT2D eigenvalue weighted by atomic mass is 10.3. The Bertz CT molecular complexity index is 776. The van der Waals surface area contributed by atoms with Crippen LogP contribution in [0.25, 0.3) is 0 Å². The van der Waals surface area contributed by atoms with Crippen LogP contribution in [0.5, 0.6) is 11.6 Å². The van der Waals surface area contributed by atoms with Gasteiger partial charge in [0, 0.05) is 23.6 Å². The Labute approximate surface area is 153 Å². The zero-order chi connectivity index (χ0) is 17.0. The fourth-order valence-corrected chi connectivity index (χ4v) is 4.49. The minimum Gasteiger partial charge on any atom is -0.438 e. The lowest BCUT2D eigenvalue weighted by molar-refractivity contribution is 0.443. The minimum atomic E-state index is -3.50. The zero-order valence-corrected chi connectivity index (χ0v) is 16.7. The molecule has 1 aromatic carbocycles. The summed E-state index contributed by atoms with van der Waals surface area (Å²) in [5, 5.41) is 0. The van der Waals surface area contributed by atoms with Gasteiger partial charge in [-0.3, -0.25) is 0 Å². The molecular formula is C15H16Br2N2O3S. The molecule has 1 heterocycles. The summed E-state index contributed by atoms with van der Waals surface area (Å²) in [7, 11) is -3.50. The molecule has 124 valence electrons. The first-order chi connectivity index (χ1) is 10.9. The first kappa shape index (κ1) is 18.4. The molecule has 0 N–H and O–H groups in total. The molecule has 0 saturated carbocycles. The highest BCUT2D eigenvalue weighted by Crippen LogP contribution is 2.31. The van der Waals surface area contributed by atoms with Crippen LogP contribution in [0.1, 0.15) is 13.8 Å². The van der Waals surface area contributed by atoms with E-state index in [-0.39, 0.29) is 4.90 Å². The van der Waals surface area contributed by atoms with Crippen LogP contribution in [0.15, 0.2) is 50.4 Å². The summed E-state index contributed by atoms with van der Waals surface area (Å²) in [6.07, 6.45) is 1.32. The number of hydrogen-bond donors (Lipinski definition) is 0. The summed E-state index contributed by atoms with van der Waals surface area (Å²) in [5.74, 6) is 0.923. The SMILES string of the molecule is CCN(CC)S(=O)(=O)c1ccc(Oc2ccc(Br)cc2Br)nc1. The van der Waals surface area contributed by atoms with Crippen molar-refractivity contribution in [3.8, 4) is 11.6 Å². The lowest BCUT2D eigenvalue weighted by Crippen LogP contribution is -2.30. The summed E-state index contributed by atoms with van der Waals surface area (Å²) in [5.41, 5.74) is 0. The highest BCUT2D eigenvalue weighted by molar-refractivity contribution is 9.11. The monoisotopic (exact) mass is 462 g/mol. The number of hydrogen-bond acceptors (Lipinski definition) is 4. The maximum atomic E-state index is 12.4. The number of rotatable bonds is 6. The summed E-state index contributed by atoms with van der Waals surface area (Å²) < 4.78 is 33.5. The van der Waals surface area contributed by atoms with Gasteiger partial charge < -0.3 is 4.74 Å². The molecule has 0 aliphatic heterocycles. The van der Waals surface area contributed by atoms with Crippen molar-refractivity contribution in [1.82, 2.24) is 9.29 Å². The quantitative estimate of drug-likeness (QED) is 0.635. The van der Waals surface area contributed by atoms with Crippen LogP contribution in [0, 0.1) is 0 Å². The van der Waals surface area contributed by atoms with Gasteiger partial charge in [-0.25, -0.2) is 13.4 Å². The normalized spacial score (nSPS) is 11.7. The molecule has 0 aliphatic carbocycles.